The van der Waals surface area contributed by atoms with Gasteiger partial charge in [-0.05, 0) is 36.5 Å². The Bertz CT molecular complexity index is 705. The molecular weight excluding hydrogens is 393 g/mol. The van der Waals surface area contributed by atoms with Gasteiger partial charge in [-0.1, -0.05) is 64.1 Å². The molecule has 8 heteroatoms. The predicted molar refractivity (Wildman–Crippen MR) is 97.8 cm³/mol. The SMILES string of the molecule is S=C(Nc1cc(Cl)c(Cl)cc1Cl)Nc1cccc(Cl)c1Cl. The van der Waals surface area contributed by atoms with E-state index < -0.39 is 0 Å². The van der Waals surface area contributed by atoms with Crippen molar-refractivity contribution in [1.29, 1.82) is 0 Å². The molecule has 2 aromatic carbocycles. The number of anilines is 2. The van der Waals surface area contributed by atoms with Crippen LogP contribution in [-0.2, 0) is 0 Å². The van der Waals surface area contributed by atoms with Crippen LogP contribution in [0.2, 0.25) is 25.1 Å². The predicted octanol–water partition coefficient (Wildman–Crippen LogP) is 6.76. The van der Waals surface area contributed by atoms with Crippen molar-refractivity contribution in [3.63, 3.8) is 0 Å². The lowest BCUT2D eigenvalue weighted by atomic mass is 10.3. The molecule has 0 bridgehead atoms. The molecule has 2 N–H and O–H groups in total. The van der Waals surface area contributed by atoms with Crippen LogP contribution in [0.3, 0.4) is 0 Å². The molecule has 0 aliphatic carbocycles. The van der Waals surface area contributed by atoms with Gasteiger partial charge in [0, 0.05) is 0 Å². The van der Waals surface area contributed by atoms with Crippen LogP contribution >= 0.6 is 70.2 Å². The van der Waals surface area contributed by atoms with Crippen LogP contribution in [-0.4, -0.2) is 5.11 Å². The van der Waals surface area contributed by atoms with Gasteiger partial charge in [0.15, 0.2) is 5.11 Å². The monoisotopic (exact) mass is 398 g/mol. The smallest absolute Gasteiger partial charge is 0.175 e. The molecule has 0 saturated heterocycles. The van der Waals surface area contributed by atoms with Crippen LogP contribution in [0.1, 0.15) is 0 Å². The summed E-state index contributed by atoms with van der Waals surface area (Å²) >= 11 is 35.1. The maximum Gasteiger partial charge on any atom is 0.175 e. The third kappa shape index (κ3) is 4.28. The van der Waals surface area contributed by atoms with E-state index in [1.807, 2.05) is 0 Å². The van der Waals surface area contributed by atoms with Gasteiger partial charge in [-0.25, -0.2) is 0 Å². The van der Waals surface area contributed by atoms with E-state index in [-0.39, 0.29) is 0 Å². The number of hydrogen-bond acceptors (Lipinski definition) is 1. The van der Waals surface area contributed by atoms with Gasteiger partial charge in [0.05, 0.1) is 36.5 Å². The summed E-state index contributed by atoms with van der Waals surface area (Å²) in [6.07, 6.45) is 0. The maximum absolute atomic E-state index is 6.07. The summed E-state index contributed by atoms with van der Waals surface area (Å²) < 4.78 is 0. The highest BCUT2D eigenvalue weighted by Gasteiger charge is 2.09. The minimum absolute atomic E-state index is 0.291. The van der Waals surface area contributed by atoms with Crippen LogP contribution in [0.5, 0.6) is 0 Å². The fourth-order valence-corrected chi connectivity index (χ4v) is 2.66. The Balaban J connectivity index is 2.16. The first-order valence-corrected chi connectivity index (χ1v) is 7.85. The fraction of sp³-hybridized carbons (Fsp3) is 0. The molecule has 2 aromatic rings. The van der Waals surface area contributed by atoms with Gasteiger partial charge in [-0.2, -0.15) is 0 Å². The average molecular weight is 401 g/mol. The van der Waals surface area contributed by atoms with E-state index in [2.05, 4.69) is 10.6 Å². The summed E-state index contributed by atoms with van der Waals surface area (Å²) in [5, 5.41) is 8.07. The first-order valence-electron chi connectivity index (χ1n) is 5.55. The Hall–Kier alpha value is -0.420. The third-order valence-electron chi connectivity index (χ3n) is 2.46. The second-order valence-electron chi connectivity index (χ2n) is 3.93. The van der Waals surface area contributed by atoms with Gasteiger partial charge in [0.2, 0.25) is 0 Å². The van der Waals surface area contributed by atoms with Gasteiger partial charge < -0.3 is 10.6 Å². The molecule has 0 fully saturated rings. The Morgan fingerprint density at radius 1 is 0.762 bits per heavy atom. The highest BCUT2D eigenvalue weighted by molar-refractivity contribution is 7.80. The summed E-state index contributed by atoms with van der Waals surface area (Å²) in [4.78, 5) is 0. The Morgan fingerprint density at radius 3 is 2.10 bits per heavy atom. The van der Waals surface area contributed by atoms with E-state index in [1.54, 1.807) is 24.3 Å². The molecule has 0 aliphatic heterocycles. The summed E-state index contributed by atoms with van der Waals surface area (Å²) in [5.74, 6) is 0. The van der Waals surface area contributed by atoms with Crippen LogP contribution in [0.15, 0.2) is 30.3 Å². The fourth-order valence-electron chi connectivity index (χ4n) is 1.49. The highest BCUT2D eigenvalue weighted by atomic mass is 35.5. The first kappa shape index (κ1) is 16.9. The molecule has 0 spiro atoms. The minimum atomic E-state index is 0.291. The zero-order valence-corrected chi connectivity index (χ0v) is 14.8. The topological polar surface area (TPSA) is 24.1 Å². The van der Waals surface area contributed by atoms with Gasteiger partial charge >= 0.3 is 0 Å². The van der Waals surface area contributed by atoms with Crippen LogP contribution < -0.4 is 10.6 Å². The summed E-state index contributed by atoms with van der Waals surface area (Å²) in [5.41, 5.74) is 1.11. The van der Waals surface area contributed by atoms with Crippen LogP contribution in [0, 0.1) is 0 Å². The molecule has 0 heterocycles. The number of thiocarbonyl (C=S) groups is 1. The van der Waals surface area contributed by atoms with E-state index in [4.69, 9.17) is 70.2 Å². The van der Waals surface area contributed by atoms with Crippen molar-refractivity contribution < 1.29 is 0 Å². The standard InChI is InChI=1S/C13H7Cl5N2S/c14-6-2-1-3-10(12(6)18)19-13(21)20-11-5-8(16)7(15)4-9(11)17/h1-5H,(H2,19,20,21). The molecule has 0 atom stereocenters. The van der Waals surface area contributed by atoms with Gasteiger partial charge in [-0.15, -0.1) is 0 Å². The molecule has 21 heavy (non-hydrogen) atoms. The molecule has 110 valence electrons. The van der Waals surface area contributed by atoms with Gasteiger partial charge in [0.1, 0.15) is 0 Å². The molecule has 0 unspecified atom stereocenters. The molecule has 0 amide bonds. The third-order valence-corrected chi connectivity index (χ3v) is 4.52. The van der Waals surface area contributed by atoms with Crippen LogP contribution in [0.4, 0.5) is 11.4 Å². The quantitative estimate of drug-likeness (QED) is 0.430. The van der Waals surface area contributed by atoms with E-state index >= 15 is 0 Å². The van der Waals surface area contributed by atoms with Crippen molar-refractivity contribution >= 4 is 86.7 Å². The lowest BCUT2D eigenvalue weighted by Gasteiger charge is -2.14. The molecule has 0 saturated carbocycles. The highest BCUT2D eigenvalue weighted by Crippen LogP contribution is 2.33. The van der Waals surface area contributed by atoms with Crippen molar-refractivity contribution in [2.75, 3.05) is 10.6 Å². The van der Waals surface area contributed by atoms with E-state index in [1.165, 1.54) is 6.07 Å². The minimum Gasteiger partial charge on any atom is -0.331 e. The van der Waals surface area contributed by atoms with E-state index in [0.717, 1.165) is 0 Å². The van der Waals surface area contributed by atoms with Crippen molar-refractivity contribution in [2.24, 2.45) is 0 Å². The van der Waals surface area contributed by atoms with Crippen molar-refractivity contribution in [3.05, 3.63) is 55.4 Å². The van der Waals surface area contributed by atoms with E-state index in [0.29, 0.717) is 41.6 Å². The normalized spacial score (nSPS) is 10.3. The number of hydrogen-bond donors (Lipinski definition) is 2. The van der Waals surface area contributed by atoms with Crippen LogP contribution in [0.25, 0.3) is 0 Å². The number of benzene rings is 2. The molecule has 0 radical (unpaired) electrons. The second kappa shape index (κ2) is 7.23. The van der Waals surface area contributed by atoms with Crippen molar-refractivity contribution in [3.8, 4) is 0 Å². The average Bonchev–Trinajstić information content (AvgIpc) is 2.41. The van der Waals surface area contributed by atoms with Crippen molar-refractivity contribution in [2.45, 2.75) is 0 Å². The van der Waals surface area contributed by atoms with E-state index in [9.17, 15) is 0 Å². The molecular formula is C13H7Cl5N2S. The molecule has 2 rings (SSSR count). The number of halogens is 5. The molecule has 0 aliphatic rings. The first-order chi connectivity index (χ1) is 9.88. The summed E-state index contributed by atoms with van der Waals surface area (Å²) in [7, 11) is 0. The lowest BCUT2D eigenvalue weighted by molar-refractivity contribution is 1.59. The molecule has 2 nitrogen and oxygen atoms in total. The molecule has 0 aromatic heterocycles. The Labute approximate surface area is 152 Å². The zero-order chi connectivity index (χ0) is 15.6. The number of nitrogens with one attached hydrogen (secondary N) is 2. The summed E-state index contributed by atoms with van der Waals surface area (Å²) in [6.45, 7) is 0. The van der Waals surface area contributed by atoms with Gasteiger partial charge in [0.25, 0.3) is 0 Å². The Morgan fingerprint density at radius 2 is 1.38 bits per heavy atom. The largest absolute Gasteiger partial charge is 0.331 e. The van der Waals surface area contributed by atoms with Gasteiger partial charge in [-0.3, -0.25) is 0 Å². The zero-order valence-electron chi connectivity index (χ0n) is 10.2. The Kier molecular flexibility index (Phi) is 5.83. The lowest BCUT2D eigenvalue weighted by Crippen LogP contribution is -2.19. The second-order valence-corrected chi connectivity index (χ2v) is 6.34. The number of rotatable bonds is 2. The maximum atomic E-state index is 6.07. The summed E-state index contributed by atoms with van der Waals surface area (Å²) in [6, 6.07) is 8.30. The van der Waals surface area contributed by atoms with Crippen molar-refractivity contribution in [1.82, 2.24) is 0 Å².